The Morgan fingerprint density at radius 2 is 1.93 bits per heavy atom. The molecule has 0 saturated heterocycles. The number of thiazole rings is 1. The summed E-state index contributed by atoms with van der Waals surface area (Å²) in [5, 5.41) is 4.96. The van der Waals surface area contributed by atoms with Gasteiger partial charge in [0.25, 0.3) is 5.91 Å². The van der Waals surface area contributed by atoms with Gasteiger partial charge in [0.1, 0.15) is 11.6 Å². The lowest BCUT2D eigenvalue weighted by Crippen LogP contribution is -2.20. The molecule has 0 saturated carbocycles. The number of aromatic nitrogens is 2. The van der Waals surface area contributed by atoms with Gasteiger partial charge in [-0.25, -0.2) is 18.6 Å². The maximum absolute atomic E-state index is 13.1. The van der Waals surface area contributed by atoms with E-state index in [2.05, 4.69) is 10.3 Å². The molecule has 150 valence electrons. The highest BCUT2D eigenvalue weighted by molar-refractivity contribution is 7.12. The quantitative estimate of drug-likeness (QED) is 0.486. The minimum atomic E-state index is -0.824. The number of esters is 1. The van der Waals surface area contributed by atoms with Crippen molar-refractivity contribution in [3.05, 3.63) is 70.5 Å². The van der Waals surface area contributed by atoms with Gasteiger partial charge in [-0.15, -0.1) is 11.3 Å². The summed E-state index contributed by atoms with van der Waals surface area (Å²) in [4.78, 5) is 28.0. The van der Waals surface area contributed by atoms with E-state index < -0.39 is 30.1 Å². The fraction of sp³-hybridized carbons (Fsp3) is 0.150. The molecule has 0 spiro atoms. The number of amides is 1. The minimum absolute atomic E-state index is 0.0614. The van der Waals surface area contributed by atoms with Crippen molar-refractivity contribution in [2.45, 2.75) is 13.8 Å². The molecule has 0 aliphatic carbocycles. The number of halogens is 2. The normalized spacial score (nSPS) is 11.0. The average Bonchev–Trinajstić information content (AvgIpc) is 3.25. The number of anilines is 1. The second-order valence-electron chi connectivity index (χ2n) is 6.12. The summed E-state index contributed by atoms with van der Waals surface area (Å²) in [6.45, 7) is 3.26. The van der Waals surface area contributed by atoms with Crippen molar-refractivity contribution in [1.29, 1.82) is 0 Å². The Balaban J connectivity index is 1.57. The summed E-state index contributed by atoms with van der Waals surface area (Å²) in [5.74, 6) is -3.07. The highest BCUT2D eigenvalue weighted by Gasteiger charge is 2.12. The molecule has 3 rings (SSSR count). The van der Waals surface area contributed by atoms with Crippen molar-refractivity contribution in [3.63, 3.8) is 0 Å². The molecule has 2 heterocycles. The molecule has 0 fully saturated rings. The topological polar surface area (TPSA) is 73.2 Å². The molecule has 1 amide bonds. The Morgan fingerprint density at radius 3 is 2.59 bits per heavy atom. The van der Waals surface area contributed by atoms with E-state index in [0.717, 1.165) is 34.2 Å². The Hall–Kier alpha value is -3.33. The molecule has 1 aromatic carbocycles. The number of carbonyl (C=O) groups excluding carboxylic acids is 2. The molecule has 6 nitrogen and oxygen atoms in total. The Morgan fingerprint density at radius 1 is 1.21 bits per heavy atom. The van der Waals surface area contributed by atoms with Crippen molar-refractivity contribution in [1.82, 2.24) is 9.55 Å². The van der Waals surface area contributed by atoms with Crippen molar-refractivity contribution in [2.75, 3.05) is 11.9 Å². The summed E-state index contributed by atoms with van der Waals surface area (Å²) in [7, 11) is 0. The summed E-state index contributed by atoms with van der Waals surface area (Å²) in [6.07, 6.45) is 4.52. The van der Waals surface area contributed by atoms with Crippen LogP contribution in [-0.4, -0.2) is 28.0 Å². The van der Waals surface area contributed by atoms with Crippen molar-refractivity contribution >= 4 is 35.0 Å². The molecule has 9 heteroatoms. The predicted molar refractivity (Wildman–Crippen MR) is 106 cm³/mol. The standard InChI is InChI=1S/C20H17F2N3O3S/c1-12-7-14(13(2)25(12)20-23-5-6-29-20)3-4-19(27)28-11-18(26)24-17-9-15(21)8-16(22)10-17/h3-10H,11H2,1-2H3,(H,24,26)/b4-3+. The van der Waals surface area contributed by atoms with Gasteiger partial charge in [-0.1, -0.05) is 0 Å². The first-order valence-electron chi connectivity index (χ1n) is 8.53. The van der Waals surface area contributed by atoms with Crippen LogP contribution in [0.3, 0.4) is 0 Å². The predicted octanol–water partition coefficient (Wildman–Crippen LogP) is 4.02. The van der Waals surface area contributed by atoms with Crippen molar-refractivity contribution in [2.24, 2.45) is 0 Å². The molecular weight excluding hydrogens is 400 g/mol. The number of nitrogens with zero attached hydrogens (tertiary/aromatic N) is 2. The zero-order valence-corrected chi connectivity index (χ0v) is 16.4. The number of benzene rings is 1. The van der Waals surface area contributed by atoms with Crippen LogP contribution in [0.2, 0.25) is 0 Å². The molecule has 1 N–H and O–H groups in total. The molecule has 2 aromatic heterocycles. The van der Waals surface area contributed by atoms with E-state index in [0.29, 0.717) is 6.07 Å². The number of hydrogen-bond donors (Lipinski definition) is 1. The van der Waals surface area contributed by atoms with Gasteiger partial charge in [0, 0.05) is 40.8 Å². The van der Waals surface area contributed by atoms with Crippen molar-refractivity contribution < 1.29 is 23.1 Å². The van der Waals surface area contributed by atoms with E-state index in [-0.39, 0.29) is 5.69 Å². The molecule has 0 radical (unpaired) electrons. The van der Waals surface area contributed by atoms with Gasteiger partial charge in [0.2, 0.25) is 0 Å². The molecular formula is C20H17F2N3O3S. The molecule has 0 bridgehead atoms. The third kappa shape index (κ3) is 5.14. The first-order chi connectivity index (χ1) is 13.8. The Bertz CT molecular complexity index is 1050. The van der Waals surface area contributed by atoms with Gasteiger partial charge < -0.3 is 10.1 Å². The summed E-state index contributed by atoms with van der Waals surface area (Å²) < 4.78 is 33.1. The van der Waals surface area contributed by atoms with E-state index >= 15 is 0 Å². The fourth-order valence-electron chi connectivity index (χ4n) is 2.74. The highest BCUT2D eigenvalue weighted by Crippen LogP contribution is 2.23. The number of ether oxygens (including phenoxy) is 1. The highest BCUT2D eigenvalue weighted by atomic mass is 32.1. The lowest BCUT2D eigenvalue weighted by molar-refractivity contribution is -0.142. The lowest BCUT2D eigenvalue weighted by Gasteiger charge is -2.06. The van der Waals surface area contributed by atoms with E-state index in [1.165, 1.54) is 17.4 Å². The monoisotopic (exact) mass is 417 g/mol. The first-order valence-corrected chi connectivity index (χ1v) is 9.41. The number of aryl methyl sites for hydroxylation is 1. The zero-order valence-electron chi connectivity index (χ0n) is 15.6. The van der Waals surface area contributed by atoms with Gasteiger partial charge in [0.15, 0.2) is 11.7 Å². The van der Waals surface area contributed by atoms with Crippen LogP contribution in [-0.2, 0) is 14.3 Å². The minimum Gasteiger partial charge on any atom is -0.452 e. The molecule has 0 unspecified atom stereocenters. The second kappa shape index (κ2) is 8.78. The lowest BCUT2D eigenvalue weighted by atomic mass is 10.2. The van der Waals surface area contributed by atoms with Crippen LogP contribution in [0.15, 0.2) is 41.9 Å². The number of hydrogen-bond acceptors (Lipinski definition) is 5. The molecule has 0 atom stereocenters. The fourth-order valence-corrected chi connectivity index (χ4v) is 3.49. The van der Waals surface area contributed by atoms with E-state index in [9.17, 15) is 18.4 Å². The number of carbonyl (C=O) groups is 2. The summed E-state index contributed by atoms with van der Waals surface area (Å²) >= 11 is 1.50. The zero-order chi connectivity index (χ0) is 21.0. The van der Waals surface area contributed by atoms with Crippen LogP contribution in [0.5, 0.6) is 0 Å². The van der Waals surface area contributed by atoms with Gasteiger partial charge in [0.05, 0.1) is 0 Å². The maximum Gasteiger partial charge on any atom is 0.331 e. The largest absolute Gasteiger partial charge is 0.452 e. The first kappa shape index (κ1) is 20.4. The van der Waals surface area contributed by atoms with Crippen LogP contribution >= 0.6 is 11.3 Å². The van der Waals surface area contributed by atoms with Crippen LogP contribution in [0.4, 0.5) is 14.5 Å². The molecule has 3 aromatic rings. The molecule has 29 heavy (non-hydrogen) atoms. The molecule has 0 aliphatic heterocycles. The Labute approximate surface area is 169 Å². The van der Waals surface area contributed by atoms with E-state index in [1.807, 2.05) is 29.9 Å². The van der Waals surface area contributed by atoms with Gasteiger partial charge in [-0.2, -0.15) is 0 Å². The smallest absolute Gasteiger partial charge is 0.331 e. The van der Waals surface area contributed by atoms with Crippen LogP contribution in [0.1, 0.15) is 17.0 Å². The number of rotatable bonds is 6. The Kier molecular flexibility index (Phi) is 6.18. The van der Waals surface area contributed by atoms with E-state index in [4.69, 9.17) is 4.74 Å². The third-order valence-electron chi connectivity index (χ3n) is 3.97. The summed E-state index contributed by atoms with van der Waals surface area (Å²) in [6, 6.07) is 4.51. The summed E-state index contributed by atoms with van der Waals surface area (Å²) in [5.41, 5.74) is 2.63. The van der Waals surface area contributed by atoms with Crippen LogP contribution < -0.4 is 5.32 Å². The number of nitrogens with one attached hydrogen (secondary N) is 1. The van der Waals surface area contributed by atoms with Gasteiger partial charge in [-0.05, 0) is 43.7 Å². The van der Waals surface area contributed by atoms with Crippen LogP contribution in [0.25, 0.3) is 11.2 Å². The third-order valence-corrected chi connectivity index (χ3v) is 4.73. The van der Waals surface area contributed by atoms with Gasteiger partial charge in [-0.3, -0.25) is 9.36 Å². The van der Waals surface area contributed by atoms with Crippen LogP contribution in [0, 0.1) is 25.5 Å². The van der Waals surface area contributed by atoms with E-state index in [1.54, 1.807) is 12.3 Å². The SMILES string of the molecule is Cc1cc(/C=C/C(=O)OCC(=O)Nc2cc(F)cc(F)c2)c(C)n1-c1nccs1. The average molecular weight is 417 g/mol. The van der Waals surface area contributed by atoms with Gasteiger partial charge >= 0.3 is 5.97 Å². The second-order valence-corrected chi connectivity index (χ2v) is 7.00. The molecule has 0 aliphatic rings. The maximum atomic E-state index is 13.1. The van der Waals surface area contributed by atoms with Crippen molar-refractivity contribution in [3.8, 4) is 5.13 Å².